The number of halogens is 1. The van der Waals surface area contributed by atoms with Crippen LogP contribution < -0.4 is 10.0 Å². The van der Waals surface area contributed by atoms with E-state index in [1.54, 1.807) is 62.1 Å². The van der Waals surface area contributed by atoms with Gasteiger partial charge in [0.2, 0.25) is 15.9 Å². The molecule has 1 aliphatic heterocycles. The van der Waals surface area contributed by atoms with Crippen molar-refractivity contribution in [1.82, 2.24) is 9.62 Å². The van der Waals surface area contributed by atoms with Crippen LogP contribution in [0.2, 0.25) is 5.02 Å². The highest BCUT2D eigenvalue weighted by atomic mass is 35.5. The fourth-order valence-electron chi connectivity index (χ4n) is 3.57. The second-order valence-electron chi connectivity index (χ2n) is 8.92. The molecule has 1 fully saturated rings. The largest absolute Gasteiger partial charge is 0.339 e. The summed E-state index contributed by atoms with van der Waals surface area (Å²) in [4.78, 5) is 27.2. The molecule has 32 heavy (non-hydrogen) atoms. The highest BCUT2D eigenvalue weighted by molar-refractivity contribution is 7.89. The van der Waals surface area contributed by atoms with Crippen LogP contribution in [-0.4, -0.2) is 43.8 Å². The molecule has 9 heteroatoms. The van der Waals surface area contributed by atoms with Crippen LogP contribution in [0.5, 0.6) is 0 Å². The standard InChI is InChI=1S/C23H28ClN3O4S/c1-23(2,3)26-32(30,31)18-10-8-17(9-11-18)25-21(28)16-12-14-27(15-13-16)22(29)19-6-4-5-7-20(19)24/h4-11,16,26H,12-15H2,1-3H3,(H,25,28). The third-order valence-corrected chi connectivity index (χ3v) is 7.23. The minimum Gasteiger partial charge on any atom is -0.339 e. The summed E-state index contributed by atoms with van der Waals surface area (Å²) in [5.74, 6) is -0.496. The number of rotatable bonds is 5. The number of nitrogens with zero attached hydrogens (tertiary/aromatic N) is 1. The van der Waals surface area contributed by atoms with Gasteiger partial charge < -0.3 is 10.2 Å². The van der Waals surface area contributed by atoms with E-state index in [9.17, 15) is 18.0 Å². The molecule has 2 aromatic carbocycles. The molecule has 0 unspecified atom stereocenters. The molecule has 2 amide bonds. The fraction of sp³-hybridized carbons (Fsp3) is 0.391. The highest BCUT2D eigenvalue weighted by Crippen LogP contribution is 2.24. The molecule has 0 saturated carbocycles. The Morgan fingerprint density at radius 1 is 1.00 bits per heavy atom. The molecule has 1 aliphatic rings. The van der Waals surface area contributed by atoms with E-state index in [0.29, 0.717) is 42.2 Å². The Balaban J connectivity index is 1.56. The van der Waals surface area contributed by atoms with Crippen LogP contribution in [0.15, 0.2) is 53.4 Å². The van der Waals surface area contributed by atoms with E-state index in [2.05, 4.69) is 10.0 Å². The molecule has 0 bridgehead atoms. The molecule has 1 heterocycles. The summed E-state index contributed by atoms with van der Waals surface area (Å²) in [6, 6.07) is 13.0. The van der Waals surface area contributed by atoms with Crippen molar-refractivity contribution in [1.29, 1.82) is 0 Å². The number of anilines is 1. The summed E-state index contributed by atoms with van der Waals surface area (Å²) in [6.07, 6.45) is 1.09. The second kappa shape index (κ2) is 9.60. The van der Waals surface area contributed by atoms with Gasteiger partial charge in [0.25, 0.3) is 5.91 Å². The van der Waals surface area contributed by atoms with E-state index in [-0.39, 0.29) is 22.6 Å². The van der Waals surface area contributed by atoms with Crippen molar-refractivity contribution >= 4 is 39.1 Å². The van der Waals surface area contributed by atoms with Crippen LogP contribution in [0.3, 0.4) is 0 Å². The van der Waals surface area contributed by atoms with E-state index in [4.69, 9.17) is 11.6 Å². The molecule has 0 aliphatic carbocycles. The van der Waals surface area contributed by atoms with Crippen molar-refractivity contribution < 1.29 is 18.0 Å². The van der Waals surface area contributed by atoms with Crippen LogP contribution in [0.25, 0.3) is 0 Å². The Bertz CT molecular complexity index is 1090. The van der Waals surface area contributed by atoms with E-state index in [0.717, 1.165) is 0 Å². The summed E-state index contributed by atoms with van der Waals surface area (Å²) >= 11 is 6.13. The Labute approximate surface area is 194 Å². The van der Waals surface area contributed by atoms with Gasteiger partial charge in [0.1, 0.15) is 0 Å². The summed E-state index contributed by atoms with van der Waals surface area (Å²) < 4.78 is 27.4. The lowest BCUT2D eigenvalue weighted by atomic mass is 9.95. The maximum atomic E-state index is 12.7. The zero-order valence-corrected chi connectivity index (χ0v) is 20.0. The molecule has 0 radical (unpaired) electrons. The summed E-state index contributed by atoms with van der Waals surface area (Å²) in [7, 11) is -3.63. The van der Waals surface area contributed by atoms with E-state index in [1.807, 2.05) is 0 Å². The van der Waals surface area contributed by atoms with Gasteiger partial charge in [-0.25, -0.2) is 13.1 Å². The average Bonchev–Trinajstić information content (AvgIpc) is 2.72. The van der Waals surface area contributed by atoms with Crippen LogP contribution >= 0.6 is 11.6 Å². The van der Waals surface area contributed by atoms with Crippen molar-refractivity contribution in [2.75, 3.05) is 18.4 Å². The Morgan fingerprint density at radius 3 is 2.16 bits per heavy atom. The van der Waals surface area contributed by atoms with Crippen molar-refractivity contribution in [2.24, 2.45) is 5.92 Å². The SMILES string of the molecule is CC(C)(C)NS(=O)(=O)c1ccc(NC(=O)C2CCN(C(=O)c3ccccc3Cl)CC2)cc1. The van der Waals surface area contributed by atoms with Gasteiger partial charge in [0.15, 0.2) is 0 Å². The summed E-state index contributed by atoms with van der Waals surface area (Å²) in [5.41, 5.74) is 0.403. The number of carbonyl (C=O) groups is 2. The third-order valence-electron chi connectivity index (χ3n) is 5.13. The van der Waals surface area contributed by atoms with Crippen LogP contribution in [0.4, 0.5) is 5.69 Å². The first-order valence-corrected chi connectivity index (χ1v) is 12.3. The molecule has 0 atom stereocenters. The van der Waals surface area contributed by atoms with E-state index < -0.39 is 15.6 Å². The zero-order valence-electron chi connectivity index (χ0n) is 18.4. The molecule has 1 saturated heterocycles. The predicted octanol–water partition coefficient (Wildman–Crippen LogP) is 3.91. The first kappa shape index (κ1) is 24.2. The van der Waals surface area contributed by atoms with Crippen molar-refractivity contribution in [3.63, 3.8) is 0 Å². The number of benzene rings is 2. The van der Waals surface area contributed by atoms with Crippen LogP contribution in [-0.2, 0) is 14.8 Å². The number of hydrogen-bond donors (Lipinski definition) is 2. The fourth-order valence-corrected chi connectivity index (χ4v) is 5.21. The van der Waals surface area contributed by atoms with Gasteiger partial charge in [-0.2, -0.15) is 0 Å². The summed E-state index contributed by atoms with van der Waals surface area (Å²) in [6.45, 7) is 6.25. The van der Waals surface area contributed by atoms with Crippen LogP contribution in [0.1, 0.15) is 44.0 Å². The molecule has 2 aromatic rings. The maximum Gasteiger partial charge on any atom is 0.255 e. The van der Waals surface area contributed by atoms with Crippen molar-refractivity contribution in [2.45, 2.75) is 44.0 Å². The molecule has 3 rings (SSSR count). The van der Waals surface area contributed by atoms with Gasteiger partial charge >= 0.3 is 0 Å². The average molecular weight is 478 g/mol. The van der Waals surface area contributed by atoms with Crippen LogP contribution in [0, 0.1) is 5.92 Å². The van der Waals surface area contributed by atoms with Crippen molar-refractivity contribution in [3.8, 4) is 0 Å². The maximum absolute atomic E-state index is 12.7. The van der Waals surface area contributed by atoms with Gasteiger partial charge in [-0.05, 0) is 70.0 Å². The van der Waals surface area contributed by atoms with E-state index in [1.165, 1.54) is 12.1 Å². The molecular weight excluding hydrogens is 450 g/mol. The van der Waals surface area contributed by atoms with Crippen molar-refractivity contribution in [3.05, 3.63) is 59.1 Å². The van der Waals surface area contributed by atoms with Gasteiger partial charge in [0.05, 0.1) is 15.5 Å². The predicted molar refractivity (Wildman–Crippen MR) is 125 cm³/mol. The third kappa shape index (κ3) is 6.09. The Hall–Kier alpha value is -2.42. The second-order valence-corrected chi connectivity index (χ2v) is 11.0. The monoisotopic (exact) mass is 477 g/mol. The first-order chi connectivity index (χ1) is 15.0. The molecule has 172 valence electrons. The Morgan fingerprint density at radius 2 is 1.59 bits per heavy atom. The highest BCUT2D eigenvalue weighted by Gasteiger charge is 2.29. The number of piperidine rings is 1. The molecule has 7 nitrogen and oxygen atoms in total. The lowest BCUT2D eigenvalue weighted by molar-refractivity contribution is -0.121. The lowest BCUT2D eigenvalue weighted by Crippen LogP contribution is -2.41. The Kier molecular flexibility index (Phi) is 7.27. The normalized spacial score (nSPS) is 15.4. The minimum absolute atomic E-state index is 0.130. The smallest absolute Gasteiger partial charge is 0.255 e. The number of nitrogens with one attached hydrogen (secondary N) is 2. The summed E-state index contributed by atoms with van der Waals surface area (Å²) in [5, 5.41) is 3.26. The van der Waals surface area contributed by atoms with Gasteiger partial charge in [-0.15, -0.1) is 0 Å². The van der Waals surface area contributed by atoms with E-state index >= 15 is 0 Å². The zero-order chi connectivity index (χ0) is 23.5. The molecular formula is C23H28ClN3O4S. The van der Waals surface area contributed by atoms with Gasteiger partial charge in [-0.3, -0.25) is 9.59 Å². The number of amides is 2. The molecule has 0 aromatic heterocycles. The molecule has 0 spiro atoms. The molecule has 2 N–H and O–H groups in total. The van der Waals surface area contributed by atoms with Gasteiger partial charge in [-0.1, -0.05) is 23.7 Å². The lowest BCUT2D eigenvalue weighted by Gasteiger charge is -2.31. The number of carbonyl (C=O) groups excluding carboxylic acids is 2. The quantitative estimate of drug-likeness (QED) is 0.682. The number of sulfonamides is 1. The topological polar surface area (TPSA) is 95.6 Å². The van der Waals surface area contributed by atoms with Gasteiger partial charge in [0, 0.05) is 30.2 Å². The number of hydrogen-bond acceptors (Lipinski definition) is 4. The minimum atomic E-state index is -3.63. The first-order valence-electron chi connectivity index (χ1n) is 10.4. The number of likely N-dealkylation sites (tertiary alicyclic amines) is 1.